The molecule has 2 heterocycles. The predicted molar refractivity (Wildman–Crippen MR) is 61.8 cm³/mol. The highest BCUT2D eigenvalue weighted by Crippen LogP contribution is 2.12. The number of aliphatic carboxylic acids is 1. The highest BCUT2D eigenvalue weighted by Gasteiger charge is 2.08. The molecule has 0 spiro atoms. The number of thiophene rings is 1. The lowest BCUT2D eigenvalue weighted by Gasteiger charge is -2.00. The second-order valence-electron chi connectivity index (χ2n) is 3.58. The molecule has 2 aromatic rings. The van der Waals surface area contributed by atoms with Gasteiger partial charge in [0.1, 0.15) is 6.54 Å². The molecule has 0 fully saturated rings. The minimum absolute atomic E-state index is 0.179. The van der Waals surface area contributed by atoms with Gasteiger partial charge in [-0.2, -0.15) is 0 Å². The fourth-order valence-electron chi connectivity index (χ4n) is 1.53. The van der Waals surface area contributed by atoms with E-state index < -0.39 is 5.97 Å². The van der Waals surface area contributed by atoms with Crippen LogP contribution in [0.4, 0.5) is 0 Å². The second-order valence-corrected chi connectivity index (χ2v) is 4.61. The predicted octanol–water partition coefficient (Wildman–Crippen LogP) is 0.994. The normalized spacial score (nSPS) is 10.6. The number of carbonyl (C=O) groups is 1. The zero-order valence-corrected chi connectivity index (χ0v) is 9.93. The van der Waals surface area contributed by atoms with Gasteiger partial charge in [-0.05, 0) is 34.7 Å². The van der Waals surface area contributed by atoms with Crippen molar-refractivity contribution < 1.29 is 9.90 Å². The van der Waals surface area contributed by atoms with Gasteiger partial charge in [-0.25, -0.2) is 4.68 Å². The Hall–Kier alpha value is -1.76. The summed E-state index contributed by atoms with van der Waals surface area (Å²) in [7, 11) is 0. The van der Waals surface area contributed by atoms with Gasteiger partial charge in [-0.3, -0.25) is 4.79 Å². The SMILES string of the molecule is O=C(O)Cn1nnnc1CCCc1cccs1. The largest absolute Gasteiger partial charge is 0.480 e. The van der Waals surface area contributed by atoms with Crippen molar-refractivity contribution in [3.63, 3.8) is 0 Å². The minimum Gasteiger partial charge on any atom is -0.480 e. The van der Waals surface area contributed by atoms with Gasteiger partial charge < -0.3 is 5.11 Å². The van der Waals surface area contributed by atoms with E-state index in [4.69, 9.17) is 5.11 Å². The van der Waals surface area contributed by atoms with Crippen molar-refractivity contribution in [3.8, 4) is 0 Å². The van der Waals surface area contributed by atoms with Crippen LogP contribution in [0.5, 0.6) is 0 Å². The van der Waals surface area contributed by atoms with Crippen LogP contribution in [0.15, 0.2) is 17.5 Å². The summed E-state index contributed by atoms with van der Waals surface area (Å²) in [5.74, 6) is -0.305. The molecule has 0 aromatic carbocycles. The molecule has 90 valence electrons. The van der Waals surface area contributed by atoms with E-state index in [2.05, 4.69) is 21.6 Å². The average molecular weight is 252 g/mol. The number of carboxylic acids is 1. The third-order valence-electron chi connectivity index (χ3n) is 2.29. The molecule has 2 aromatic heterocycles. The van der Waals surface area contributed by atoms with Crippen LogP contribution in [0.1, 0.15) is 17.1 Å². The fourth-order valence-corrected chi connectivity index (χ4v) is 2.28. The van der Waals surface area contributed by atoms with E-state index in [0.717, 1.165) is 12.8 Å². The number of hydrogen-bond donors (Lipinski definition) is 1. The molecule has 6 nitrogen and oxygen atoms in total. The van der Waals surface area contributed by atoms with Crippen molar-refractivity contribution >= 4 is 17.3 Å². The molecule has 2 rings (SSSR count). The van der Waals surface area contributed by atoms with E-state index in [1.807, 2.05) is 11.4 Å². The first-order chi connectivity index (χ1) is 8.25. The number of rotatable bonds is 6. The zero-order chi connectivity index (χ0) is 12.1. The molecule has 0 aliphatic carbocycles. The number of nitrogens with zero attached hydrogens (tertiary/aromatic N) is 4. The van der Waals surface area contributed by atoms with E-state index >= 15 is 0 Å². The first-order valence-electron chi connectivity index (χ1n) is 5.25. The summed E-state index contributed by atoms with van der Waals surface area (Å²) in [6, 6.07) is 4.11. The van der Waals surface area contributed by atoms with Crippen LogP contribution in [-0.2, 0) is 24.2 Å². The monoisotopic (exact) mass is 252 g/mol. The van der Waals surface area contributed by atoms with Gasteiger partial charge >= 0.3 is 5.97 Å². The van der Waals surface area contributed by atoms with Crippen molar-refractivity contribution in [2.75, 3.05) is 0 Å². The maximum atomic E-state index is 10.6. The highest BCUT2D eigenvalue weighted by atomic mass is 32.1. The molecule has 0 saturated heterocycles. The molecule has 0 saturated carbocycles. The van der Waals surface area contributed by atoms with Crippen molar-refractivity contribution in [1.29, 1.82) is 0 Å². The number of carboxylic acid groups (broad SMARTS) is 1. The summed E-state index contributed by atoms with van der Waals surface area (Å²) in [6.07, 6.45) is 2.58. The van der Waals surface area contributed by atoms with E-state index in [9.17, 15) is 4.79 Å². The third kappa shape index (κ3) is 3.35. The summed E-state index contributed by atoms with van der Waals surface area (Å²) in [5.41, 5.74) is 0. The summed E-state index contributed by atoms with van der Waals surface area (Å²) < 4.78 is 1.33. The molecule has 17 heavy (non-hydrogen) atoms. The van der Waals surface area contributed by atoms with Gasteiger partial charge in [-0.15, -0.1) is 16.4 Å². The highest BCUT2D eigenvalue weighted by molar-refractivity contribution is 7.09. The minimum atomic E-state index is -0.934. The third-order valence-corrected chi connectivity index (χ3v) is 3.23. The molecule has 0 atom stereocenters. The van der Waals surface area contributed by atoms with E-state index in [1.54, 1.807) is 11.3 Å². The van der Waals surface area contributed by atoms with Crippen LogP contribution in [0, 0.1) is 0 Å². The van der Waals surface area contributed by atoms with Gasteiger partial charge in [0, 0.05) is 11.3 Å². The Morgan fingerprint density at radius 3 is 3.06 bits per heavy atom. The van der Waals surface area contributed by atoms with Gasteiger partial charge in [0.2, 0.25) is 0 Å². The molecular formula is C10H12N4O2S. The molecule has 0 aliphatic rings. The lowest BCUT2D eigenvalue weighted by molar-refractivity contribution is -0.138. The van der Waals surface area contributed by atoms with Gasteiger partial charge in [0.25, 0.3) is 0 Å². The van der Waals surface area contributed by atoms with E-state index in [-0.39, 0.29) is 6.54 Å². The van der Waals surface area contributed by atoms with Crippen LogP contribution in [0.3, 0.4) is 0 Å². The second kappa shape index (κ2) is 5.53. The Kier molecular flexibility index (Phi) is 3.81. The van der Waals surface area contributed by atoms with Gasteiger partial charge in [0.05, 0.1) is 0 Å². The topological polar surface area (TPSA) is 80.9 Å². The smallest absolute Gasteiger partial charge is 0.325 e. The first-order valence-corrected chi connectivity index (χ1v) is 6.13. The maximum absolute atomic E-state index is 10.6. The number of aromatic nitrogens is 4. The maximum Gasteiger partial charge on any atom is 0.325 e. The Labute approximate surface area is 102 Å². The van der Waals surface area contributed by atoms with Crippen LogP contribution in [-0.4, -0.2) is 31.3 Å². The Bertz CT molecular complexity index is 480. The van der Waals surface area contributed by atoms with Crippen LogP contribution in [0.2, 0.25) is 0 Å². The van der Waals surface area contributed by atoms with Crippen molar-refractivity contribution in [2.45, 2.75) is 25.8 Å². The van der Waals surface area contributed by atoms with E-state index in [0.29, 0.717) is 12.2 Å². The van der Waals surface area contributed by atoms with Crippen molar-refractivity contribution in [1.82, 2.24) is 20.2 Å². The summed E-state index contributed by atoms with van der Waals surface area (Å²) >= 11 is 1.72. The van der Waals surface area contributed by atoms with Gasteiger partial charge in [-0.1, -0.05) is 6.07 Å². The molecule has 0 amide bonds. The van der Waals surface area contributed by atoms with Crippen LogP contribution < -0.4 is 0 Å². The number of hydrogen-bond acceptors (Lipinski definition) is 5. The molecular weight excluding hydrogens is 240 g/mol. The Balaban J connectivity index is 1.86. The van der Waals surface area contributed by atoms with Gasteiger partial charge in [0.15, 0.2) is 5.82 Å². The Morgan fingerprint density at radius 1 is 1.47 bits per heavy atom. The van der Waals surface area contributed by atoms with Crippen molar-refractivity contribution in [2.24, 2.45) is 0 Å². The van der Waals surface area contributed by atoms with Crippen LogP contribution in [0.25, 0.3) is 0 Å². The average Bonchev–Trinajstić information content (AvgIpc) is 2.90. The molecule has 7 heteroatoms. The summed E-state index contributed by atoms with van der Waals surface area (Å²) in [6.45, 7) is -0.179. The molecule has 0 bridgehead atoms. The lowest BCUT2D eigenvalue weighted by Crippen LogP contribution is -2.13. The molecule has 0 aliphatic heterocycles. The standard InChI is InChI=1S/C10H12N4O2S/c15-10(16)7-14-9(11-12-13-14)5-1-3-8-4-2-6-17-8/h2,4,6H,1,3,5,7H2,(H,15,16). The number of tetrazole rings is 1. The summed E-state index contributed by atoms with van der Waals surface area (Å²) in [5, 5.41) is 21.7. The Morgan fingerprint density at radius 2 is 2.35 bits per heavy atom. The summed E-state index contributed by atoms with van der Waals surface area (Å²) in [4.78, 5) is 11.9. The van der Waals surface area contributed by atoms with Crippen LogP contribution >= 0.6 is 11.3 Å². The first kappa shape index (κ1) is 11.7. The molecule has 1 N–H and O–H groups in total. The zero-order valence-electron chi connectivity index (χ0n) is 9.11. The molecule has 0 unspecified atom stereocenters. The van der Waals surface area contributed by atoms with Crippen molar-refractivity contribution in [3.05, 3.63) is 28.2 Å². The van der Waals surface area contributed by atoms with E-state index in [1.165, 1.54) is 9.56 Å². The fraction of sp³-hybridized carbons (Fsp3) is 0.400. The quantitative estimate of drug-likeness (QED) is 0.829. The lowest BCUT2D eigenvalue weighted by atomic mass is 10.2. The number of aryl methyl sites for hydroxylation is 2. The molecule has 0 radical (unpaired) electrons.